The molecule has 0 spiro atoms. The molecular formula is C14H22N2O. The van der Waals surface area contributed by atoms with E-state index in [-0.39, 0.29) is 0 Å². The van der Waals surface area contributed by atoms with Gasteiger partial charge in [0.15, 0.2) is 0 Å². The number of hydrogen-bond donors (Lipinski definition) is 1. The molecule has 1 fully saturated rings. The second kappa shape index (κ2) is 6.03. The number of nitrogens with two attached hydrogens (primary N) is 1. The monoisotopic (exact) mass is 234 g/mol. The fraction of sp³-hybridized carbons (Fsp3) is 0.571. The molecular weight excluding hydrogens is 212 g/mol. The van der Waals surface area contributed by atoms with Crippen LogP contribution in [-0.4, -0.2) is 30.6 Å². The average Bonchev–Trinajstić information content (AvgIpc) is 2.76. The summed E-state index contributed by atoms with van der Waals surface area (Å²) in [6.45, 7) is 5.86. The Labute approximate surface area is 104 Å². The molecule has 0 aliphatic carbocycles. The van der Waals surface area contributed by atoms with E-state index < -0.39 is 0 Å². The third kappa shape index (κ3) is 3.45. The van der Waals surface area contributed by atoms with Crippen molar-refractivity contribution in [2.75, 3.05) is 19.7 Å². The van der Waals surface area contributed by atoms with Crippen LogP contribution in [-0.2, 0) is 6.54 Å². The van der Waals surface area contributed by atoms with E-state index in [0.29, 0.717) is 12.6 Å². The molecule has 3 nitrogen and oxygen atoms in total. The predicted molar refractivity (Wildman–Crippen MR) is 70.1 cm³/mol. The predicted octanol–water partition coefficient (Wildman–Crippen LogP) is 2.01. The highest BCUT2D eigenvalue weighted by Crippen LogP contribution is 2.16. The minimum absolute atomic E-state index is 0.570. The van der Waals surface area contributed by atoms with Crippen LogP contribution in [0.15, 0.2) is 24.3 Å². The van der Waals surface area contributed by atoms with Crippen molar-refractivity contribution in [2.45, 2.75) is 32.4 Å². The second-order valence-corrected chi connectivity index (χ2v) is 4.73. The largest absolute Gasteiger partial charge is 0.492 e. The third-order valence-corrected chi connectivity index (χ3v) is 3.47. The van der Waals surface area contributed by atoms with Gasteiger partial charge < -0.3 is 10.5 Å². The topological polar surface area (TPSA) is 38.5 Å². The molecule has 94 valence electrons. The lowest BCUT2D eigenvalue weighted by molar-refractivity contribution is 0.204. The summed E-state index contributed by atoms with van der Waals surface area (Å²) in [5.74, 6) is 0.930. The van der Waals surface area contributed by atoms with Gasteiger partial charge in [-0.3, -0.25) is 4.90 Å². The number of nitrogens with zero attached hydrogens (tertiary/aromatic N) is 1. The van der Waals surface area contributed by atoms with Gasteiger partial charge in [-0.15, -0.1) is 0 Å². The first kappa shape index (κ1) is 12.4. The van der Waals surface area contributed by atoms with Gasteiger partial charge in [0.1, 0.15) is 12.4 Å². The van der Waals surface area contributed by atoms with Crippen LogP contribution in [0.3, 0.4) is 0 Å². The van der Waals surface area contributed by atoms with E-state index in [1.165, 1.54) is 19.4 Å². The lowest BCUT2D eigenvalue weighted by Gasteiger charge is -2.20. The number of ether oxygens (including phenoxy) is 1. The molecule has 0 aromatic heterocycles. The zero-order chi connectivity index (χ0) is 12.1. The van der Waals surface area contributed by atoms with Gasteiger partial charge in [0.2, 0.25) is 0 Å². The Hall–Kier alpha value is -1.06. The van der Waals surface area contributed by atoms with Gasteiger partial charge in [-0.25, -0.2) is 0 Å². The lowest BCUT2D eigenvalue weighted by atomic mass is 10.2. The maximum Gasteiger partial charge on any atom is 0.119 e. The van der Waals surface area contributed by atoms with Gasteiger partial charge in [0.05, 0.1) is 0 Å². The number of likely N-dealkylation sites (tertiary alicyclic amines) is 1. The zero-order valence-electron chi connectivity index (χ0n) is 10.6. The van der Waals surface area contributed by atoms with Crippen molar-refractivity contribution in [3.8, 4) is 5.75 Å². The molecule has 0 radical (unpaired) electrons. The molecule has 2 N–H and O–H groups in total. The quantitative estimate of drug-likeness (QED) is 0.847. The van der Waals surface area contributed by atoms with E-state index in [0.717, 1.165) is 24.5 Å². The first-order valence-electron chi connectivity index (χ1n) is 6.45. The van der Waals surface area contributed by atoms with Crippen molar-refractivity contribution in [1.82, 2.24) is 4.90 Å². The maximum absolute atomic E-state index is 5.76. The highest BCUT2D eigenvalue weighted by Gasteiger charge is 2.19. The minimum atomic E-state index is 0.570. The molecule has 0 bridgehead atoms. The molecule has 1 aliphatic heterocycles. The van der Waals surface area contributed by atoms with Crippen LogP contribution in [0, 0.1) is 0 Å². The molecule has 17 heavy (non-hydrogen) atoms. The van der Waals surface area contributed by atoms with Crippen LogP contribution in [0.5, 0.6) is 5.75 Å². The molecule has 1 heterocycles. The molecule has 1 saturated heterocycles. The SMILES string of the molecule is CC1CCCN1CCOc1cccc(CN)c1. The molecule has 1 aromatic rings. The Morgan fingerprint density at radius 2 is 2.35 bits per heavy atom. The Kier molecular flexibility index (Phi) is 4.40. The summed E-state index contributed by atoms with van der Waals surface area (Å²) >= 11 is 0. The average molecular weight is 234 g/mol. The fourth-order valence-corrected chi connectivity index (χ4v) is 2.37. The van der Waals surface area contributed by atoms with Crippen LogP contribution in [0.2, 0.25) is 0 Å². The molecule has 1 atom stereocenters. The number of rotatable bonds is 5. The van der Waals surface area contributed by atoms with Crippen molar-refractivity contribution in [3.05, 3.63) is 29.8 Å². The first-order chi connectivity index (χ1) is 8.29. The van der Waals surface area contributed by atoms with Crippen LogP contribution in [0.1, 0.15) is 25.3 Å². The molecule has 1 aliphatic rings. The molecule has 0 saturated carbocycles. The summed E-state index contributed by atoms with van der Waals surface area (Å²) < 4.78 is 5.76. The first-order valence-corrected chi connectivity index (χ1v) is 6.45. The van der Waals surface area contributed by atoms with Crippen molar-refractivity contribution in [2.24, 2.45) is 5.73 Å². The van der Waals surface area contributed by atoms with Crippen molar-refractivity contribution in [1.29, 1.82) is 0 Å². The Morgan fingerprint density at radius 3 is 3.06 bits per heavy atom. The third-order valence-electron chi connectivity index (χ3n) is 3.47. The van der Waals surface area contributed by atoms with Crippen LogP contribution in [0.4, 0.5) is 0 Å². The fourth-order valence-electron chi connectivity index (χ4n) is 2.37. The van der Waals surface area contributed by atoms with Crippen molar-refractivity contribution >= 4 is 0 Å². The van der Waals surface area contributed by atoms with Crippen molar-refractivity contribution < 1.29 is 4.74 Å². The smallest absolute Gasteiger partial charge is 0.119 e. The number of hydrogen-bond acceptors (Lipinski definition) is 3. The van der Waals surface area contributed by atoms with E-state index in [2.05, 4.69) is 11.8 Å². The van der Waals surface area contributed by atoms with E-state index in [1.54, 1.807) is 0 Å². The molecule has 3 heteroatoms. The Morgan fingerprint density at radius 1 is 1.47 bits per heavy atom. The lowest BCUT2D eigenvalue weighted by Crippen LogP contribution is -2.31. The van der Waals surface area contributed by atoms with E-state index in [4.69, 9.17) is 10.5 Å². The second-order valence-electron chi connectivity index (χ2n) is 4.73. The Bertz CT molecular complexity index is 354. The molecule has 1 unspecified atom stereocenters. The molecule has 0 amide bonds. The summed E-state index contributed by atoms with van der Waals surface area (Å²) in [5, 5.41) is 0. The van der Waals surface area contributed by atoms with Crippen LogP contribution in [0.25, 0.3) is 0 Å². The highest BCUT2D eigenvalue weighted by molar-refractivity contribution is 5.28. The highest BCUT2D eigenvalue weighted by atomic mass is 16.5. The van der Waals surface area contributed by atoms with Crippen LogP contribution < -0.4 is 10.5 Å². The van der Waals surface area contributed by atoms with E-state index in [1.807, 2.05) is 24.3 Å². The summed E-state index contributed by atoms with van der Waals surface area (Å²) in [6.07, 6.45) is 2.65. The molecule has 1 aromatic carbocycles. The van der Waals surface area contributed by atoms with Gasteiger partial charge >= 0.3 is 0 Å². The summed E-state index contributed by atoms with van der Waals surface area (Å²) in [5.41, 5.74) is 6.72. The zero-order valence-corrected chi connectivity index (χ0v) is 10.6. The van der Waals surface area contributed by atoms with Crippen LogP contribution >= 0.6 is 0 Å². The number of benzene rings is 1. The Balaban J connectivity index is 1.77. The maximum atomic E-state index is 5.76. The normalized spacial score (nSPS) is 20.7. The van der Waals surface area contributed by atoms with Gasteiger partial charge in [-0.1, -0.05) is 12.1 Å². The van der Waals surface area contributed by atoms with Gasteiger partial charge in [0, 0.05) is 19.1 Å². The van der Waals surface area contributed by atoms with Crippen molar-refractivity contribution in [3.63, 3.8) is 0 Å². The van der Waals surface area contributed by atoms with Gasteiger partial charge in [-0.05, 0) is 44.0 Å². The summed E-state index contributed by atoms with van der Waals surface area (Å²) in [7, 11) is 0. The summed E-state index contributed by atoms with van der Waals surface area (Å²) in [4.78, 5) is 2.49. The summed E-state index contributed by atoms with van der Waals surface area (Å²) in [6, 6.07) is 8.75. The molecule has 2 rings (SSSR count). The van der Waals surface area contributed by atoms with Gasteiger partial charge in [-0.2, -0.15) is 0 Å². The van der Waals surface area contributed by atoms with Gasteiger partial charge in [0.25, 0.3) is 0 Å². The van der Waals surface area contributed by atoms with E-state index in [9.17, 15) is 0 Å². The van der Waals surface area contributed by atoms with E-state index >= 15 is 0 Å². The standard InChI is InChI=1S/C14H22N2O/c1-12-4-3-7-16(12)8-9-17-14-6-2-5-13(10-14)11-15/h2,5-6,10,12H,3-4,7-9,11,15H2,1H3. The minimum Gasteiger partial charge on any atom is -0.492 e.